The van der Waals surface area contributed by atoms with Crippen LogP contribution in [0.3, 0.4) is 0 Å². The molecule has 0 radical (unpaired) electrons. The molecule has 166 valence electrons. The molecule has 2 aromatic rings. The summed E-state index contributed by atoms with van der Waals surface area (Å²) in [7, 11) is 0. The number of carbonyl (C=O) groups excluding carboxylic acids is 2. The van der Waals surface area contributed by atoms with Crippen molar-refractivity contribution >= 4 is 40.9 Å². The number of aromatic nitrogens is 1. The smallest absolute Gasteiger partial charge is 0.339 e. The van der Waals surface area contributed by atoms with Crippen LogP contribution in [0.15, 0.2) is 47.6 Å². The van der Waals surface area contributed by atoms with E-state index in [9.17, 15) is 22.8 Å². The van der Waals surface area contributed by atoms with Gasteiger partial charge in [-0.05, 0) is 24.3 Å². The van der Waals surface area contributed by atoms with E-state index in [0.717, 1.165) is 6.07 Å². The summed E-state index contributed by atoms with van der Waals surface area (Å²) in [5.74, 6) is -0.391. The Morgan fingerprint density at radius 2 is 1.81 bits per heavy atom. The Hall–Kier alpha value is -2.30. The van der Waals surface area contributed by atoms with Crippen molar-refractivity contribution in [3.8, 4) is 0 Å². The van der Waals surface area contributed by atoms with Crippen LogP contribution in [0.25, 0.3) is 0 Å². The fourth-order valence-corrected chi connectivity index (χ4v) is 4.16. The molecule has 31 heavy (non-hydrogen) atoms. The second kappa shape index (κ2) is 10.3. The molecule has 0 spiro atoms. The summed E-state index contributed by atoms with van der Waals surface area (Å²) in [5.41, 5.74) is -1.15. The van der Waals surface area contributed by atoms with E-state index in [-0.39, 0.29) is 23.9 Å². The zero-order chi connectivity index (χ0) is 22.4. The van der Waals surface area contributed by atoms with E-state index in [4.69, 9.17) is 11.6 Å². The molecule has 0 unspecified atom stereocenters. The van der Waals surface area contributed by atoms with Gasteiger partial charge < -0.3 is 10.2 Å². The zero-order valence-corrected chi connectivity index (χ0v) is 17.9. The quantitative estimate of drug-likeness (QED) is 0.650. The van der Waals surface area contributed by atoms with Gasteiger partial charge in [0.05, 0.1) is 28.6 Å². The lowest BCUT2D eigenvalue weighted by atomic mass is 10.1. The van der Waals surface area contributed by atoms with Crippen molar-refractivity contribution < 1.29 is 22.8 Å². The Morgan fingerprint density at radius 3 is 2.48 bits per heavy atom. The van der Waals surface area contributed by atoms with E-state index in [1.54, 1.807) is 28.1 Å². The van der Waals surface area contributed by atoms with E-state index in [2.05, 4.69) is 10.3 Å². The van der Waals surface area contributed by atoms with Gasteiger partial charge in [-0.3, -0.25) is 14.5 Å². The number of hydrogen-bond acceptors (Lipinski definition) is 5. The summed E-state index contributed by atoms with van der Waals surface area (Å²) in [6.45, 7) is 1.72. The summed E-state index contributed by atoms with van der Waals surface area (Å²) < 4.78 is 39.2. The number of nitrogens with one attached hydrogen (secondary N) is 1. The summed E-state index contributed by atoms with van der Waals surface area (Å²) in [4.78, 5) is 32.3. The molecule has 1 N–H and O–H groups in total. The molecule has 2 heterocycles. The van der Waals surface area contributed by atoms with Crippen molar-refractivity contribution in [1.82, 2.24) is 14.8 Å². The van der Waals surface area contributed by atoms with E-state index < -0.39 is 17.6 Å². The number of rotatable bonds is 6. The molecule has 2 amide bonds. The maximum Gasteiger partial charge on any atom is 0.418 e. The van der Waals surface area contributed by atoms with E-state index in [0.29, 0.717) is 36.2 Å². The molecule has 1 aliphatic heterocycles. The molecule has 3 rings (SSSR count). The molecule has 11 heteroatoms. The lowest BCUT2D eigenvalue weighted by Gasteiger charge is -2.34. The summed E-state index contributed by atoms with van der Waals surface area (Å²) in [6.07, 6.45) is -2.94. The molecular formula is C20H20ClF3N4O2S. The minimum absolute atomic E-state index is 0.0491. The van der Waals surface area contributed by atoms with Crippen LogP contribution in [0.1, 0.15) is 5.56 Å². The molecule has 1 aromatic heterocycles. The first-order chi connectivity index (χ1) is 14.7. The average molecular weight is 473 g/mol. The van der Waals surface area contributed by atoms with Gasteiger partial charge in [0, 0.05) is 32.4 Å². The van der Waals surface area contributed by atoms with Crippen LogP contribution in [0, 0.1) is 0 Å². The molecule has 0 saturated carbocycles. The van der Waals surface area contributed by atoms with Gasteiger partial charge >= 0.3 is 6.18 Å². The third-order valence-corrected chi connectivity index (χ3v) is 6.06. The minimum atomic E-state index is -4.55. The monoisotopic (exact) mass is 472 g/mol. The largest absolute Gasteiger partial charge is 0.418 e. The molecule has 1 aromatic carbocycles. The number of para-hydroxylation sites is 1. The predicted octanol–water partition coefficient (Wildman–Crippen LogP) is 3.63. The Kier molecular flexibility index (Phi) is 7.79. The number of carbonyl (C=O) groups is 2. The highest BCUT2D eigenvalue weighted by atomic mass is 35.5. The normalized spacial score (nSPS) is 15.0. The maximum absolute atomic E-state index is 13.1. The number of alkyl halides is 3. The number of anilines is 1. The van der Waals surface area contributed by atoms with Gasteiger partial charge in [-0.15, -0.1) is 0 Å². The van der Waals surface area contributed by atoms with Crippen LogP contribution in [0.2, 0.25) is 5.02 Å². The summed E-state index contributed by atoms with van der Waals surface area (Å²) >= 11 is 7.30. The highest BCUT2D eigenvalue weighted by Crippen LogP contribution is 2.34. The lowest BCUT2D eigenvalue weighted by Crippen LogP contribution is -2.50. The second-order valence-corrected chi connectivity index (χ2v) is 8.20. The van der Waals surface area contributed by atoms with Crippen LogP contribution in [-0.2, 0) is 15.8 Å². The number of thioether (sulfide) groups is 1. The number of hydrogen-bond donors (Lipinski definition) is 1. The third kappa shape index (κ3) is 6.59. The van der Waals surface area contributed by atoms with Gasteiger partial charge in [0.1, 0.15) is 5.03 Å². The lowest BCUT2D eigenvalue weighted by molar-refractivity contribution is -0.137. The van der Waals surface area contributed by atoms with Gasteiger partial charge in [0.2, 0.25) is 11.8 Å². The maximum atomic E-state index is 13.1. The Labute approximate surface area is 186 Å². The molecule has 1 aliphatic rings. The van der Waals surface area contributed by atoms with Crippen molar-refractivity contribution in [3.05, 3.63) is 53.2 Å². The molecule has 1 saturated heterocycles. The Morgan fingerprint density at radius 1 is 1.10 bits per heavy atom. The first-order valence-corrected chi connectivity index (χ1v) is 10.8. The van der Waals surface area contributed by atoms with Crippen LogP contribution >= 0.6 is 23.4 Å². The van der Waals surface area contributed by atoms with Crippen LogP contribution in [0.4, 0.5) is 18.9 Å². The van der Waals surface area contributed by atoms with Gasteiger partial charge in [0.15, 0.2) is 0 Å². The van der Waals surface area contributed by atoms with Gasteiger partial charge in [-0.2, -0.15) is 13.2 Å². The molecule has 0 bridgehead atoms. The Bertz CT molecular complexity index is 937. The zero-order valence-electron chi connectivity index (χ0n) is 16.4. The number of piperazine rings is 1. The molecule has 6 nitrogen and oxygen atoms in total. The van der Waals surface area contributed by atoms with E-state index in [1.807, 2.05) is 0 Å². The van der Waals surface area contributed by atoms with Crippen molar-refractivity contribution in [2.75, 3.05) is 43.8 Å². The van der Waals surface area contributed by atoms with Crippen molar-refractivity contribution in [2.24, 2.45) is 0 Å². The topological polar surface area (TPSA) is 65.5 Å². The number of nitrogens with zero attached hydrogens (tertiary/aromatic N) is 3. The van der Waals surface area contributed by atoms with Crippen molar-refractivity contribution in [3.63, 3.8) is 0 Å². The first kappa shape index (κ1) is 23.4. The van der Waals surface area contributed by atoms with E-state index >= 15 is 0 Å². The standard InChI is InChI=1S/C20H20ClF3N4O2S/c21-15-5-3-7-25-19(15)31-13-18(30)28-10-8-27(9-11-28)12-17(29)26-16-6-2-1-4-14(16)20(22,23)24/h1-7H,8-13H2,(H,26,29). The van der Waals surface area contributed by atoms with Crippen LogP contribution in [0.5, 0.6) is 0 Å². The number of benzene rings is 1. The SMILES string of the molecule is O=C(CN1CCN(C(=O)CSc2ncccc2Cl)CC1)Nc1ccccc1C(F)(F)F. The molecule has 1 fully saturated rings. The molecular weight excluding hydrogens is 453 g/mol. The highest BCUT2D eigenvalue weighted by Gasteiger charge is 2.33. The number of amides is 2. The summed E-state index contributed by atoms with van der Waals surface area (Å²) in [6, 6.07) is 8.28. The van der Waals surface area contributed by atoms with Gasteiger partial charge in [-0.25, -0.2) is 4.98 Å². The van der Waals surface area contributed by atoms with Crippen molar-refractivity contribution in [2.45, 2.75) is 11.2 Å². The van der Waals surface area contributed by atoms with Crippen molar-refractivity contribution in [1.29, 1.82) is 0 Å². The predicted molar refractivity (Wildman–Crippen MR) is 113 cm³/mol. The van der Waals surface area contributed by atoms with Gasteiger partial charge in [0.25, 0.3) is 0 Å². The fraction of sp³-hybridized carbons (Fsp3) is 0.350. The number of pyridine rings is 1. The third-order valence-electron chi connectivity index (χ3n) is 4.66. The average Bonchev–Trinajstić information content (AvgIpc) is 2.73. The summed E-state index contributed by atoms with van der Waals surface area (Å²) in [5, 5.41) is 3.42. The molecule has 0 aliphatic carbocycles. The second-order valence-electron chi connectivity index (χ2n) is 6.83. The molecule has 0 atom stereocenters. The number of halogens is 4. The van der Waals surface area contributed by atoms with Crippen LogP contribution in [-0.4, -0.2) is 65.1 Å². The Balaban J connectivity index is 1.45. The minimum Gasteiger partial charge on any atom is -0.339 e. The highest BCUT2D eigenvalue weighted by molar-refractivity contribution is 8.00. The first-order valence-electron chi connectivity index (χ1n) is 9.43. The van der Waals surface area contributed by atoms with E-state index in [1.165, 1.54) is 30.0 Å². The van der Waals surface area contributed by atoms with Gasteiger partial charge in [-0.1, -0.05) is 35.5 Å². The fourth-order valence-electron chi connectivity index (χ4n) is 3.09. The van der Waals surface area contributed by atoms with Crippen LogP contribution < -0.4 is 5.32 Å².